The number of aliphatic carboxylic acids is 1. The average molecular weight is 219 g/mol. The van der Waals surface area contributed by atoms with Gasteiger partial charge < -0.3 is 5.11 Å². The second-order valence-electron chi connectivity index (χ2n) is 3.01. The molecule has 0 amide bonds. The number of hydrogen-bond donors (Lipinski definition) is 1. The molecule has 1 aromatic rings. The first-order valence-corrected chi connectivity index (χ1v) is 4.06. The number of carbonyl (C=O) groups is 1. The SMILES string of the molecule is Cc1nc(C(F)(F)F)ccc1CC(=O)O. The normalized spacial score (nSPS) is 11.5. The summed E-state index contributed by atoms with van der Waals surface area (Å²) < 4.78 is 36.5. The molecule has 0 aromatic carbocycles. The molecular formula is C9H8F3NO2. The van der Waals surface area contributed by atoms with Gasteiger partial charge in [-0.15, -0.1) is 0 Å². The van der Waals surface area contributed by atoms with E-state index in [1.165, 1.54) is 6.92 Å². The third-order valence-corrected chi connectivity index (χ3v) is 1.83. The van der Waals surface area contributed by atoms with Crippen LogP contribution in [0.25, 0.3) is 0 Å². The van der Waals surface area contributed by atoms with Crippen LogP contribution in [-0.2, 0) is 17.4 Å². The van der Waals surface area contributed by atoms with Gasteiger partial charge in [-0.3, -0.25) is 4.79 Å². The molecule has 15 heavy (non-hydrogen) atoms. The second-order valence-corrected chi connectivity index (χ2v) is 3.01. The van der Waals surface area contributed by atoms with Crippen LogP contribution in [0.15, 0.2) is 12.1 Å². The Morgan fingerprint density at radius 1 is 1.47 bits per heavy atom. The van der Waals surface area contributed by atoms with Gasteiger partial charge in [0, 0.05) is 5.69 Å². The van der Waals surface area contributed by atoms with Gasteiger partial charge in [-0.05, 0) is 18.6 Å². The third kappa shape index (κ3) is 2.93. The van der Waals surface area contributed by atoms with E-state index in [2.05, 4.69) is 4.98 Å². The Balaban J connectivity index is 3.03. The van der Waals surface area contributed by atoms with Crippen molar-refractivity contribution in [2.75, 3.05) is 0 Å². The van der Waals surface area contributed by atoms with Crippen molar-refractivity contribution in [2.24, 2.45) is 0 Å². The number of carboxylic acids is 1. The van der Waals surface area contributed by atoms with E-state index >= 15 is 0 Å². The Morgan fingerprint density at radius 3 is 2.47 bits per heavy atom. The smallest absolute Gasteiger partial charge is 0.433 e. The Bertz CT molecular complexity index is 387. The average Bonchev–Trinajstić information content (AvgIpc) is 2.05. The molecule has 0 saturated carbocycles. The summed E-state index contributed by atoms with van der Waals surface area (Å²) in [6, 6.07) is 1.92. The summed E-state index contributed by atoms with van der Waals surface area (Å²) in [4.78, 5) is 13.7. The molecule has 82 valence electrons. The molecule has 0 atom stereocenters. The maximum Gasteiger partial charge on any atom is 0.433 e. The summed E-state index contributed by atoms with van der Waals surface area (Å²) >= 11 is 0. The molecule has 0 saturated heterocycles. The lowest BCUT2D eigenvalue weighted by Gasteiger charge is -2.08. The topological polar surface area (TPSA) is 50.2 Å². The highest BCUT2D eigenvalue weighted by Gasteiger charge is 2.32. The highest BCUT2D eigenvalue weighted by Crippen LogP contribution is 2.28. The minimum atomic E-state index is -4.49. The Kier molecular flexibility index (Phi) is 2.97. The molecule has 0 aliphatic heterocycles. The summed E-state index contributed by atoms with van der Waals surface area (Å²) in [6.07, 6.45) is -4.82. The van der Waals surface area contributed by atoms with E-state index < -0.39 is 17.8 Å². The molecule has 1 N–H and O–H groups in total. The third-order valence-electron chi connectivity index (χ3n) is 1.83. The van der Waals surface area contributed by atoms with Gasteiger partial charge in [0.1, 0.15) is 5.69 Å². The summed E-state index contributed by atoms with van der Waals surface area (Å²) in [5.74, 6) is -1.10. The van der Waals surface area contributed by atoms with Crippen LogP contribution in [0.2, 0.25) is 0 Å². The van der Waals surface area contributed by atoms with E-state index in [4.69, 9.17) is 5.11 Å². The van der Waals surface area contributed by atoms with E-state index in [0.29, 0.717) is 0 Å². The van der Waals surface area contributed by atoms with Gasteiger partial charge >= 0.3 is 12.1 Å². The predicted molar refractivity (Wildman–Crippen MR) is 45.3 cm³/mol. The van der Waals surface area contributed by atoms with Crippen molar-refractivity contribution in [1.29, 1.82) is 0 Å². The number of hydrogen-bond acceptors (Lipinski definition) is 2. The molecule has 0 unspecified atom stereocenters. The largest absolute Gasteiger partial charge is 0.481 e. The molecule has 1 heterocycles. The number of carboxylic acid groups (broad SMARTS) is 1. The molecule has 0 radical (unpaired) electrons. The lowest BCUT2D eigenvalue weighted by Crippen LogP contribution is -2.11. The van der Waals surface area contributed by atoms with Crippen LogP contribution < -0.4 is 0 Å². The lowest BCUT2D eigenvalue weighted by molar-refractivity contribution is -0.141. The standard InChI is InChI=1S/C9H8F3NO2/c1-5-6(4-8(14)15)2-3-7(13-5)9(10,11)12/h2-3H,4H2,1H3,(H,14,15). The van der Waals surface area contributed by atoms with Crippen LogP contribution in [-0.4, -0.2) is 16.1 Å². The summed E-state index contributed by atoms with van der Waals surface area (Å²) in [6.45, 7) is 1.35. The highest BCUT2D eigenvalue weighted by molar-refractivity contribution is 5.70. The number of alkyl halides is 3. The maximum absolute atomic E-state index is 12.2. The fourth-order valence-electron chi connectivity index (χ4n) is 1.10. The Labute approximate surface area is 83.6 Å². The molecule has 6 heteroatoms. The van der Waals surface area contributed by atoms with Gasteiger partial charge in [-0.1, -0.05) is 6.07 Å². The van der Waals surface area contributed by atoms with E-state index in [1.807, 2.05) is 0 Å². The first kappa shape index (κ1) is 11.5. The molecule has 1 rings (SSSR count). The van der Waals surface area contributed by atoms with Crippen LogP contribution in [0, 0.1) is 6.92 Å². The first-order chi connectivity index (χ1) is 6.80. The van der Waals surface area contributed by atoms with Crippen molar-refractivity contribution in [1.82, 2.24) is 4.98 Å². The minimum absolute atomic E-state index is 0.0900. The van der Waals surface area contributed by atoms with Gasteiger partial charge in [-0.2, -0.15) is 13.2 Å². The van der Waals surface area contributed by atoms with Crippen molar-refractivity contribution in [3.8, 4) is 0 Å². The van der Waals surface area contributed by atoms with Gasteiger partial charge in [0.05, 0.1) is 6.42 Å². The fourth-order valence-corrected chi connectivity index (χ4v) is 1.10. The molecular weight excluding hydrogens is 211 g/mol. The first-order valence-electron chi connectivity index (χ1n) is 4.06. The Morgan fingerprint density at radius 2 is 2.07 bits per heavy atom. The minimum Gasteiger partial charge on any atom is -0.481 e. The number of pyridine rings is 1. The van der Waals surface area contributed by atoms with Crippen molar-refractivity contribution < 1.29 is 23.1 Å². The number of nitrogens with zero attached hydrogens (tertiary/aromatic N) is 1. The lowest BCUT2D eigenvalue weighted by atomic mass is 10.1. The monoisotopic (exact) mass is 219 g/mol. The van der Waals surface area contributed by atoms with Crippen LogP contribution in [0.5, 0.6) is 0 Å². The molecule has 0 aliphatic rings. The zero-order chi connectivity index (χ0) is 11.6. The molecule has 0 spiro atoms. The van der Waals surface area contributed by atoms with Gasteiger partial charge in [0.25, 0.3) is 0 Å². The second kappa shape index (κ2) is 3.88. The molecule has 0 bridgehead atoms. The number of rotatable bonds is 2. The number of halogens is 3. The quantitative estimate of drug-likeness (QED) is 0.827. The summed E-state index contributed by atoms with van der Waals surface area (Å²) in [5, 5.41) is 8.47. The highest BCUT2D eigenvalue weighted by atomic mass is 19.4. The summed E-state index contributed by atoms with van der Waals surface area (Å²) in [5.41, 5.74) is -0.628. The van der Waals surface area contributed by atoms with Crippen molar-refractivity contribution in [3.05, 3.63) is 29.1 Å². The Hall–Kier alpha value is -1.59. The van der Waals surface area contributed by atoms with Crippen molar-refractivity contribution in [2.45, 2.75) is 19.5 Å². The van der Waals surface area contributed by atoms with Gasteiger partial charge in [-0.25, -0.2) is 4.98 Å². The number of aryl methyl sites for hydroxylation is 1. The van der Waals surface area contributed by atoms with Crippen LogP contribution in [0.4, 0.5) is 13.2 Å². The van der Waals surface area contributed by atoms with E-state index in [9.17, 15) is 18.0 Å². The maximum atomic E-state index is 12.2. The van der Waals surface area contributed by atoms with Gasteiger partial charge in [0.15, 0.2) is 0 Å². The van der Waals surface area contributed by atoms with E-state index in [0.717, 1.165) is 12.1 Å². The van der Waals surface area contributed by atoms with E-state index in [1.54, 1.807) is 0 Å². The van der Waals surface area contributed by atoms with Crippen LogP contribution >= 0.6 is 0 Å². The van der Waals surface area contributed by atoms with Crippen LogP contribution in [0.3, 0.4) is 0 Å². The van der Waals surface area contributed by atoms with Crippen molar-refractivity contribution >= 4 is 5.97 Å². The number of aromatic nitrogens is 1. The zero-order valence-corrected chi connectivity index (χ0v) is 7.80. The van der Waals surface area contributed by atoms with Crippen LogP contribution in [0.1, 0.15) is 17.0 Å². The molecule has 0 fully saturated rings. The van der Waals surface area contributed by atoms with Crippen molar-refractivity contribution in [3.63, 3.8) is 0 Å². The van der Waals surface area contributed by atoms with Gasteiger partial charge in [0.2, 0.25) is 0 Å². The fraction of sp³-hybridized carbons (Fsp3) is 0.333. The molecule has 0 aliphatic carbocycles. The van der Waals surface area contributed by atoms with E-state index in [-0.39, 0.29) is 17.7 Å². The predicted octanol–water partition coefficient (Wildman–Crippen LogP) is 2.04. The molecule has 1 aromatic heterocycles. The molecule has 3 nitrogen and oxygen atoms in total. The zero-order valence-electron chi connectivity index (χ0n) is 7.80. The summed E-state index contributed by atoms with van der Waals surface area (Å²) in [7, 11) is 0.